The third kappa shape index (κ3) is 7.82. The van der Waals surface area contributed by atoms with E-state index in [1.807, 2.05) is 0 Å². The molecule has 0 spiro atoms. The van der Waals surface area contributed by atoms with Gasteiger partial charge in [0.25, 0.3) is 0 Å². The summed E-state index contributed by atoms with van der Waals surface area (Å²) >= 11 is 0. The van der Waals surface area contributed by atoms with Crippen LogP contribution < -0.4 is 0 Å². The SMILES string of the molecule is CC(=O)OCCC(C)(C)CC(C)C. The summed E-state index contributed by atoms with van der Waals surface area (Å²) < 4.78 is 4.92. The van der Waals surface area contributed by atoms with Crippen LogP contribution in [0, 0.1) is 11.3 Å². The molecule has 0 N–H and O–H groups in total. The first-order valence-corrected chi connectivity index (χ1v) is 4.97. The van der Waals surface area contributed by atoms with E-state index in [1.54, 1.807) is 0 Å². The maximum Gasteiger partial charge on any atom is 0.302 e. The Bertz CT molecular complexity index is 159. The second-order valence-corrected chi connectivity index (χ2v) is 4.85. The molecule has 0 heterocycles. The summed E-state index contributed by atoms with van der Waals surface area (Å²) in [7, 11) is 0. The molecule has 0 unspecified atom stereocenters. The number of hydrogen-bond donors (Lipinski definition) is 0. The largest absolute Gasteiger partial charge is 0.466 e. The van der Waals surface area contributed by atoms with Crippen molar-refractivity contribution in [2.45, 2.75) is 47.5 Å². The second kappa shape index (κ2) is 5.25. The first kappa shape index (κ1) is 12.5. The average Bonchev–Trinajstić information content (AvgIpc) is 1.81. The van der Waals surface area contributed by atoms with Crippen molar-refractivity contribution in [1.29, 1.82) is 0 Å². The van der Waals surface area contributed by atoms with Gasteiger partial charge in [0, 0.05) is 6.92 Å². The van der Waals surface area contributed by atoms with Crippen LogP contribution in [0.4, 0.5) is 0 Å². The van der Waals surface area contributed by atoms with Gasteiger partial charge < -0.3 is 4.74 Å². The summed E-state index contributed by atoms with van der Waals surface area (Å²) in [5.74, 6) is 0.521. The lowest BCUT2D eigenvalue weighted by Crippen LogP contribution is -2.17. The molecule has 0 aromatic rings. The van der Waals surface area contributed by atoms with Crippen LogP contribution in [0.3, 0.4) is 0 Å². The number of carbonyl (C=O) groups is 1. The highest BCUT2D eigenvalue weighted by Crippen LogP contribution is 2.28. The molecule has 0 atom stereocenters. The highest BCUT2D eigenvalue weighted by Gasteiger charge is 2.19. The Morgan fingerprint density at radius 3 is 2.31 bits per heavy atom. The molecule has 0 radical (unpaired) electrons. The monoisotopic (exact) mass is 186 g/mol. The summed E-state index contributed by atoms with van der Waals surface area (Å²) in [5, 5.41) is 0. The molecule has 78 valence electrons. The topological polar surface area (TPSA) is 26.3 Å². The van der Waals surface area contributed by atoms with Gasteiger partial charge in [-0.3, -0.25) is 4.79 Å². The molecule has 0 rings (SSSR count). The minimum absolute atomic E-state index is 0.180. The molecular weight excluding hydrogens is 164 g/mol. The zero-order valence-electron chi connectivity index (χ0n) is 9.52. The molecule has 0 aliphatic rings. The third-order valence-electron chi connectivity index (χ3n) is 2.04. The Morgan fingerprint density at radius 2 is 1.92 bits per heavy atom. The lowest BCUT2D eigenvalue weighted by atomic mass is 9.81. The number of esters is 1. The van der Waals surface area contributed by atoms with Gasteiger partial charge in [-0.15, -0.1) is 0 Å². The van der Waals surface area contributed by atoms with E-state index < -0.39 is 0 Å². The van der Waals surface area contributed by atoms with E-state index >= 15 is 0 Å². The molecule has 0 saturated heterocycles. The smallest absolute Gasteiger partial charge is 0.302 e. The zero-order chi connectivity index (χ0) is 10.5. The first-order valence-electron chi connectivity index (χ1n) is 4.97. The van der Waals surface area contributed by atoms with E-state index in [1.165, 1.54) is 13.3 Å². The predicted octanol–water partition coefficient (Wildman–Crippen LogP) is 3.01. The van der Waals surface area contributed by atoms with Crippen LogP contribution in [0.2, 0.25) is 0 Å². The van der Waals surface area contributed by atoms with Crippen LogP contribution in [0.25, 0.3) is 0 Å². The van der Waals surface area contributed by atoms with Crippen molar-refractivity contribution in [2.75, 3.05) is 6.61 Å². The zero-order valence-corrected chi connectivity index (χ0v) is 9.52. The van der Waals surface area contributed by atoms with Crippen molar-refractivity contribution >= 4 is 5.97 Å². The van der Waals surface area contributed by atoms with Crippen molar-refractivity contribution in [2.24, 2.45) is 11.3 Å². The fourth-order valence-electron chi connectivity index (χ4n) is 1.68. The second-order valence-electron chi connectivity index (χ2n) is 4.85. The number of hydrogen-bond acceptors (Lipinski definition) is 2. The molecule has 0 aliphatic heterocycles. The summed E-state index contributed by atoms with van der Waals surface area (Å²) in [4.78, 5) is 10.5. The van der Waals surface area contributed by atoms with Gasteiger partial charge in [0.1, 0.15) is 0 Å². The third-order valence-corrected chi connectivity index (χ3v) is 2.04. The van der Waals surface area contributed by atoms with Gasteiger partial charge in [-0.1, -0.05) is 27.7 Å². The fourth-order valence-corrected chi connectivity index (χ4v) is 1.68. The standard InChI is InChI=1S/C11H22O2/c1-9(2)8-11(4,5)6-7-13-10(3)12/h9H,6-8H2,1-5H3. The van der Waals surface area contributed by atoms with Crippen LogP contribution in [0.15, 0.2) is 0 Å². The molecule has 0 fully saturated rings. The van der Waals surface area contributed by atoms with E-state index in [9.17, 15) is 4.79 Å². The molecular formula is C11H22O2. The molecule has 2 nitrogen and oxygen atoms in total. The minimum Gasteiger partial charge on any atom is -0.466 e. The Hall–Kier alpha value is -0.530. The molecule has 0 aromatic carbocycles. The van der Waals surface area contributed by atoms with Crippen molar-refractivity contribution in [1.82, 2.24) is 0 Å². The van der Waals surface area contributed by atoms with Crippen molar-refractivity contribution in [3.8, 4) is 0 Å². The Kier molecular flexibility index (Phi) is 5.04. The summed E-state index contributed by atoms with van der Waals surface area (Å²) in [6.07, 6.45) is 2.12. The summed E-state index contributed by atoms with van der Waals surface area (Å²) in [6.45, 7) is 10.9. The Balaban J connectivity index is 3.68. The quantitative estimate of drug-likeness (QED) is 0.617. The molecule has 13 heavy (non-hydrogen) atoms. The number of ether oxygens (including phenoxy) is 1. The lowest BCUT2D eigenvalue weighted by Gasteiger charge is -2.26. The predicted molar refractivity (Wildman–Crippen MR) is 54.5 cm³/mol. The molecule has 0 amide bonds. The van der Waals surface area contributed by atoms with Crippen LogP contribution >= 0.6 is 0 Å². The van der Waals surface area contributed by atoms with Gasteiger partial charge >= 0.3 is 5.97 Å². The van der Waals surface area contributed by atoms with E-state index in [4.69, 9.17) is 4.74 Å². The highest BCUT2D eigenvalue weighted by molar-refractivity contribution is 5.65. The average molecular weight is 186 g/mol. The van der Waals surface area contributed by atoms with Crippen LogP contribution in [-0.2, 0) is 9.53 Å². The first-order chi connectivity index (χ1) is 5.83. The van der Waals surface area contributed by atoms with E-state index in [0.29, 0.717) is 12.5 Å². The van der Waals surface area contributed by atoms with Crippen LogP contribution in [0.5, 0.6) is 0 Å². The van der Waals surface area contributed by atoms with Crippen LogP contribution in [-0.4, -0.2) is 12.6 Å². The highest BCUT2D eigenvalue weighted by atomic mass is 16.5. The maximum absolute atomic E-state index is 10.5. The molecule has 0 aromatic heterocycles. The van der Waals surface area contributed by atoms with Gasteiger partial charge in [0.05, 0.1) is 6.61 Å². The molecule has 0 saturated carbocycles. The van der Waals surface area contributed by atoms with E-state index in [0.717, 1.165) is 6.42 Å². The molecule has 0 aliphatic carbocycles. The van der Waals surface area contributed by atoms with Crippen LogP contribution in [0.1, 0.15) is 47.5 Å². The fraction of sp³-hybridized carbons (Fsp3) is 0.909. The van der Waals surface area contributed by atoms with Gasteiger partial charge in [-0.2, -0.15) is 0 Å². The Labute approximate surface area is 81.7 Å². The maximum atomic E-state index is 10.5. The minimum atomic E-state index is -0.180. The van der Waals surface area contributed by atoms with Crippen molar-refractivity contribution < 1.29 is 9.53 Å². The Morgan fingerprint density at radius 1 is 1.38 bits per heavy atom. The van der Waals surface area contributed by atoms with Gasteiger partial charge in [0.2, 0.25) is 0 Å². The van der Waals surface area contributed by atoms with Gasteiger partial charge in [-0.25, -0.2) is 0 Å². The summed E-state index contributed by atoms with van der Waals surface area (Å²) in [5.41, 5.74) is 0.281. The van der Waals surface area contributed by atoms with Gasteiger partial charge in [-0.05, 0) is 24.2 Å². The summed E-state index contributed by atoms with van der Waals surface area (Å²) in [6, 6.07) is 0. The van der Waals surface area contributed by atoms with Gasteiger partial charge in [0.15, 0.2) is 0 Å². The van der Waals surface area contributed by atoms with E-state index in [2.05, 4.69) is 27.7 Å². The number of rotatable bonds is 5. The normalized spacial score (nSPS) is 11.8. The van der Waals surface area contributed by atoms with Crippen molar-refractivity contribution in [3.05, 3.63) is 0 Å². The van der Waals surface area contributed by atoms with Crippen molar-refractivity contribution in [3.63, 3.8) is 0 Å². The number of carbonyl (C=O) groups excluding carboxylic acids is 1. The molecule has 0 bridgehead atoms. The molecule has 2 heteroatoms. The lowest BCUT2D eigenvalue weighted by molar-refractivity contribution is -0.141. The van der Waals surface area contributed by atoms with E-state index in [-0.39, 0.29) is 11.4 Å².